The fraction of sp³-hybridized carbons (Fsp3) is 1.00. The summed E-state index contributed by atoms with van der Waals surface area (Å²) in [7, 11) is 0. The van der Waals surface area contributed by atoms with Crippen molar-refractivity contribution in [2.75, 3.05) is 19.6 Å². The summed E-state index contributed by atoms with van der Waals surface area (Å²) in [6.45, 7) is 5.94. The topological polar surface area (TPSA) is 29.3 Å². The van der Waals surface area contributed by atoms with Crippen LogP contribution in [0.2, 0.25) is 0 Å². The van der Waals surface area contributed by atoms with Gasteiger partial charge in [-0.25, -0.2) is 0 Å². The molecule has 0 radical (unpaired) electrons. The van der Waals surface area contributed by atoms with E-state index in [2.05, 4.69) is 11.8 Å². The standard InChI is InChI=1S/C12H24N2/c1-10-6-8-14(9-10)12-4-2-3-11(12)5-7-13/h10-12H,2-9,13H2,1H3. The lowest BCUT2D eigenvalue weighted by molar-refractivity contribution is 0.187. The minimum absolute atomic E-state index is 0.878. The van der Waals surface area contributed by atoms with E-state index in [4.69, 9.17) is 5.73 Å². The van der Waals surface area contributed by atoms with E-state index < -0.39 is 0 Å². The molecule has 1 aliphatic carbocycles. The molecule has 1 saturated heterocycles. The van der Waals surface area contributed by atoms with Crippen LogP contribution in [0.5, 0.6) is 0 Å². The van der Waals surface area contributed by atoms with E-state index >= 15 is 0 Å². The third kappa shape index (κ3) is 2.12. The van der Waals surface area contributed by atoms with E-state index in [1.165, 1.54) is 45.2 Å². The Morgan fingerprint density at radius 1 is 1.29 bits per heavy atom. The second-order valence-electron chi connectivity index (χ2n) is 5.22. The monoisotopic (exact) mass is 196 g/mol. The molecule has 3 atom stereocenters. The van der Waals surface area contributed by atoms with Crippen LogP contribution in [0.3, 0.4) is 0 Å². The second-order valence-corrected chi connectivity index (χ2v) is 5.22. The molecule has 2 rings (SSSR count). The second kappa shape index (κ2) is 4.63. The van der Waals surface area contributed by atoms with E-state index in [1.54, 1.807) is 0 Å². The van der Waals surface area contributed by atoms with Crippen molar-refractivity contribution in [1.29, 1.82) is 0 Å². The summed E-state index contributed by atoms with van der Waals surface area (Å²) in [6, 6.07) is 0.878. The Labute approximate surface area is 87.8 Å². The summed E-state index contributed by atoms with van der Waals surface area (Å²) in [4.78, 5) is 2.73. The molecule has 2 nitrogen and oxygen atoms in total. The van der Waals surface area contributed by atoms with E-state index in [9.17, 15) is 0 Å². The van der Waals surface area contributed by atoms with E-state index in [0.29, 0.717) is 0 Å². The quantitative estimate of drug-likeness (QED) is 0.746. The van der Waals surface area contributed by atoms with Gasteiger partial charge in [-0.05, 0) is 50.6 Å². The van der Waals surface area contributed by atoms with Crippen LogP contribution in [-0.2, 0) is 0 Å². The van der Waals surface area contributed by atoms with Gasteiger partial charge in [-0.15, -0.1) is 0 Å². The zero-order valence-electron chi connectivity index (χ0n) is 9.41. The van der Waals surface area contributed by atoms with Crippen molar-refractivity contribution in [2.45, 2.75) is 45.1 Å². The molecular weight excluding hydrogens is 172 g/mol. The summed E-state index contributed by atoms with van der Waals surface area (Å²) >= 11 is 0. The number of hydrogen-bond donors (Lipinski definition) is 1. The van der Waals surface area contributed by atoms with Gasteiger partial charge in [0.15, 0.2) is 0 Å². The number of hydrogen-bond acceptors (Lipinski definition) is 2. The van der Waals surface area contributed by atoms with E-state index in [-0.39, 0.29) is 0 Å². The Morgan fingerprint density at radius 2 is 2.14 bits per heavy atom. The van der Waals surface area contributed by atoms with Crippen LogP contribution in [0.1, 0.15) is 39.0 Å². The smallest absolute Gasteiger partial charge is 0.0124 e. The molecule has 0 aromatic rings. The normalized spacial score (nSPS) is 39.4. The minimum Gasteiger partial charge on any atom is -0.330 e. The van der Waals surface area contributed by atoms with Gasteiger partial charge in [-0.2, -0.15) is 0 Å². The van der Waals surface area contributed by atoms with Gasteiger partial charge in [0.1, 0.15) is 0 Å². The molecule has 0 aromatic carbocycles. The molecular formula is C12H24N2. The number of rotatable bonds is 3. The predicted molar refractivity (Wildman–Crippen MR) is 60.2 cm³/mol. The molecule has 0 amide bonds. The molecule has 0 aromatic heterocycles. The Hall–Kier alpha value is -0.0800. The van der Waals surface area contributed by atoms with Crippen molar-refractivity contribution in [2.24, 2.45) is 17.6 Å². The number of likely N-dealkylation sites (tertiary alicyclic amines) is 1. The third-order valence-electron chi connectivity index (χ3n) is 4.08. The maximum absolute atomic E-state index is 5.68. The van der Waals surface area contributed by atoms with Gasteiger partial charge in [-0.3, -0.25) is 4.90 Å². The van der Waals surface area contributed by atoms with Gasteiger partial charge in [0, 0.05) is 12.6 Å². The first-order valence-electron chi connectivity index (χ1n) is 6.25. The van der Waals surface area contributed by atoms with Crippen LogP contribution in [0.25, 0.3) is 0 Å². The molecule has 2 aliphatic rings. The Bertz CT molecular complexity index is 181. The van der Waals surface area contributed by atoms with Crippen LogP contribution in [0.4, 0.5) is 0 Å². The van der Waals surface area contributed by atoms with Crippen molar-refractivity contribution in [1.82, 2.24) is 4.90 Å². The highest BCUT2D eigenvalue weighted by molar-refractivity contribution is 4.88. The van der Waals surface area contributed by atoms with Crippen LogP contribution >= 0.6 is 0 Å². The molecule has 1 heterocycles. The molecule has 3 unspecified atom stereocenters. The predicted octanol–water partition coefficient (Wildman–Crippen LogP) is 1.85. The first kappa shape index (κ1) is 10.4. The van der Waals surface area contributed by atoms with Gasteiger partial charge in [-0.1, -0.05) is 13.3 Å². The molecule has 1 saturated carbocycles. The molecule has 82 valence electrons. The lowest BCUT2D eigenvalue weighted by Crippen LogP contribution is -2.36. The zero-order valence-corrected chi connectivity index (χ0v) is 9.41. The SMILES string of the molecule is CC1CCN(C2CCCC2CCN)C1. The minimum atomic E-state index is 0.878. The molecule has 2 N–H and O–H groups in total. The van der Waals surface area contributed by atoms with Crippen molar-refractivity contribution >= 4 is 0 Å². The molecule has 2 fully saturated rings. The Balaban J connectivity index is 1.89. The third-order valence-corrected chi connectivity index (χ3v) is 4.08. The molecule has 0 spiro atoms. The summed E-state index contributed by atoms with van der Waals surface area (Å²) in [5.74, 6) is 1.83. The van der Waals surface area contributed by atoms with E-state index in [1.807, 2.05) is 0 Å². The summed E-state index contributed by atoms with van der Waals surface area (Å²) in [6.07, 6.45) is 6.94. The van der Waals surface area contributed by atoms with Crippen molar-refractivity contribution in [3.8, 4) is 0 Å². The Morgan fingerprint density at radius 3 is 2.79 bits per heavy atom. The van der Waals surface area contributed by atoms with Crippen molar-refractivity contribution < 1.29 is 0 Å². The van der Waals surface area contributed by atoms with Crippen LogP contribution in [-0.4, -0.2) is 30.6 Å². The lowest BCUT2D eigenvalue weighted by Gasteiger charge is -2.29. The maximum atomic E-state index is 5.68. The van der Waals surface area contributed by atoms with E-state index in [0.717, 1.165) is 24.4 Å². The van der Waals surface area contributed by atoms with Crippen LogP contribution < -0.4 is 5.73 Å². The zero-order chi connectivity index (χ0) is 9.97. The highest BCUT2D eigenvalue weighted by atomic mass is 15.2. The van der Waals surface area contributed by atoms with Gasteiger partial charge in [0.05, 0.1) is 0 Å². The van der Waals surface area contributed by atoms with Gasteiger partial charge in [0.2, 0.25) is 0 Å². The highest BCUT2D eigenvalue weighted by Crippen LogP contribution is 2.34. The maximum Gasteiger partial charge on any atom is 0.0124 e. The van der Waals surface area contributed by atoms with Crippen molar-refractivity contribution in [3.05, 3.63) is 0 Å². The summed E-state index contributed by atoms with van der Waals surface area (Å²) < 4.78 is 0. The average molecular weight is 196 g/mol. The first-order valence-corrected chi connectivity index (χ1v) is 6.25. The molecule has 0 bridgehead atoms. The van der Waals surface area contributed by atoms with Gasteiger partial charge < -0.3 is 5.73 Å². The Kier molecular flexibility index (Phi) is 3.45. The molecule has 14 heavy (non-hydrogen) atoms. The largest absolute Gasteiger partial charge is 0.330 e. The highest BCUT2D eigenvalue weighted by Gasteiger charge is 2.34. The van der Waals surface area contributed by atoms with Crippen molar-refractivity contribution in [3.63, 3.8) is 0 Å². The van der Waals surface area contributed by atoms with Crippen LogP contribution in [0, 0.1) is 11.8 Å². The average Bonchev–Trinajstić information content (AvgIpc) is 2.74. The summed E-state index contributed by atoms with van der Waals surface area (Å²) in [5, 5.41) is 0. The number of nitrogens with two attached hydrogens (primary N) is 1. The fourth-order valence-corrected chi connectivity index (χ4v) is 3.32. The number of nitrogens with zero attached hydrogens (tertiary/aromatic N) is 1. The van der Waals surface area contributed by atoms with Crippen LogP contribution in [0.15, 0.2) is 0 Å². The van der Waals surface area contributed by atoms with Gasteiger partial charge >= 0.3 is 0 Å². The fourth-order valence-electron chi connectivity index (χ4n) is 3.32. The van der Waals surface area contributed by atoms with Gasteiger partial charge in [0.25, 0.3) is 0 Å². The molecule has 1 aliphatic heterocycles. The first-order chi connectivity index (χ1) is 6.81. The summed E-state index contributed by atoms with van der Waals surface area (Å²) in [5.41, 5.74) is 5.68. The lowest BCUT2D eigenvalue weighted by atomic mass is 9.98. The molecule has 2 heteroatoms.